The molecule has 0 radical (unpaired) electrons. The molecular formula is C28H38N2. The van der Waals surface area contributed by atoms with Gasteiger partial charge >= 0.3 is 0 Å². The highest BCUT2D eigenvalue weighted by molar-refractivity contribution is 5.67. The fourth-order valence-electron chi connectivity index (χ4n) is 5.39. The average Bonchev–Trinajstić information content (AvgIpc) is 2.80. The van der Waals surface area contributed by atoms with Crippen molar-refractivity contribution in [3.8, 4) is 0 Å². The lowest BCUT2D eigenvalue weighted by Gasteiger charge is -2.32. The highest BCUT2D eigenvalue weighted by Crippen LogP contribution is 2.40. The maximum absolute atomic E-state index is 2.59. The molecule has 4 rings (SSSR count). The molecule has 0 saturated heterocycles. The summed E-state index contributed by atoms with van der Waals surface area (Å²) in [5.41, 5.74) is 10.6. The van der Waals surface area contributed by atoms with Gasteiger partial charge in [0.15, 0.2) is 0 Å². The van der Waals surface area contributed by atoms with Gasteiger partial charge in [0.05, 0.1) is 0 Å². The van der Waals surface area contributed by atoms with Crippen LogP contribution in [0.25, 0.3) is 6.08 Å². The Labute approximate surface area is 183 Å². The lowest BCUT2D eigenvalue weighted by atomic mass is 9.77. The largest absolute Gasteiger partial charge is 0.372 e. The van der Waals surface area contributed by atoms with Gasteiger partial charge in [0, 0.05) is 43.5 Å². The Hall–Kier alpha value is -2.22. The van der Waals surface area contributed by atoms with Crippen molar-refractivity contribution in [1.82, 2.24) is 4.90 Å². The summed E-state index contributed by atoms with van der Waals surface area (Å²) in [7, 11) is 0. The maximum atomic E-state index is 2.59. The number of hydrogen-bond acceptors (Lipinski definition) is 2. The van der Waals surface area contributed by atoms with Gasteiger partial charge in [0.25, 0.3) is 0 Å². The van der Waals surface area contributed by atoms with E-state index in [4.69, 9.17) is 0 Å². The van der Waals surface area contributed by atoms with Crippen LogP contribution in [0.4, 0.5) is 5.69 Å². The first-order valence-corrected chi connectivity index (χ1v) is 12.1. The molecule has 1 atom stereocenters. The smallest absolute Gasteiger partial charge is 0.0369 e. The highest BCUT2D eigenvalue weighted by atomic mass is 15.1. The summed E-state index contributed by atoms with van der Waals surface area (Å²) in [6.45, 7) is 13.3. The molecule has 3 aliphatic rings. The van der Waals surface area contributed by atoms with Crippen molar-refractivity contribution in [3.05, 3.63) is 70.0 Å². The molecule has 1 aromatic carbocycles. The van der Waals surface area contributed by atoms with Crippen molar-refractivity contribution in [2.45, 2.75) is 59.8 Å². The molecule has 160 valence electrons. The van der Waals surface area contributed by atoms with Gasteiger partial charge < -0.3 is 9.80 Å². The molecule has 0 amide bonds. The minimum atomic E-state index is 0.611. The van der Waals surface area contributed by atoms with Crippen LogP contribution >= 0.6 is 0 Å². The molecule has 0 bridgehead atoms. The summed E-state index contributed by atoms with van der Waals surface area (Å²) in [6, 6.07) is 7.07. The predicted molar refractivity (Wildman–Crippen MR) is 131 cm³/mol. The van der Waals surface area contributed by atoms with Gasteiger partial charge in [-0.3, -0.25) is 0 Å². The van der Waals surface area contributed by atoms with Gasteiger partial charge in [0.1, 0.15) is 0 Å². The lowest BCUT2D eigenvalue weighted by Crippen LogP contribution is -2.24. The third kappa shape index (κ3) is 4.15. The van der Waals surface area contributed by atoms with Crippen LogP contribution in [0.15, 0.2) is 58.8 Å². The number of allylic oxidation sites excluding steroid dienone is 6. The Morgan fingerprint density at radius 3 is 2.27 bits per heavy atom. The van der Waals surface area contributed by atoms with E-state index >= 15 is 0 Å². The van der Waals surface area contributed by atoms with Crippen LogP contribution in [0, 0.1) is 5.92 Å². The number of likely N-dealkylation sites (N-methyl/N-ethyl adjacent to an activating group) is 1. The van der Waals surface area contributed by atoms with Crippen molar-refractivity contribution in [2.75, 3.05) is 31.1 Å². The van der Waals surface area contributed by atoms with Gasteiger partial charge in [-0.15, -0.1) is 0 Å². The summed E-state index contributed by atoms with van der Waals surface area (Å²) >= 11 is 0. The van der Waals surface area contributed by atoms with Crippen molar-refractivity contribution >= 4 is 11.8 Å². The Kier molecular flexibility index (Phi) is 6.51. The zero-order chi connectivity index (χ0) is 21.1. The van der Waals surface area contributed by atoms with E-state index in [0.717, 1.165) is 32.6 Å². The number of fused-ring (bicyclic) bond motifs is 2. The molecule has 1 aromatic rings. The summed E-state index contributed by atoms with van der Waals surface area (Å²) in [5.74, 6) is 0.611. The molecule has 0 spiro atoms. The number of aryl methyl sites for hydroxylation is 1. The molecule has 0 aromatic heterocycles. The van der Waals surface area contributed by atoms with Gasteiger partial charge in [0.2, 0.25) is 0 Å². The van der Waals surface area contributed by atoms with Crippen LogP contribution in [0.2, 0.25) is 0 Å². The third-order valence-corrected chi connectivity index (χ3v) is 7.27. The van der Waals surface area contributed by atoms with Crippen LogP contribution in [-0.2, 0) is 6.42 Å². The highest BCUT2D eigenvalue weighted by Gasteiger charge is 2.24. The van der Waals surface area contributed by atoms with Crippen LogP contribution in [0.1, 0.15) is 64.5 Å². The van der Waals surface area contributed by atoms with E-state index in [9.17, 15) is 0 Å². The Bertz CT molecular complexity index is 891. The van der Waals surface area contributed by atoms with Crippen LogP contribution < -0.4 is 4.90 Å². The first-order valence-electron chi connectivity index (χ1n) is 12.1. The van der Waals surface area contributed by atoms with E-state index in [2.05, 4.69) is 80.0 Å². The van der Waals surface area contributed by atoms with E-state index < -0.39 is 0 Å². The standard InChI is InChI=1S/C28H38N2/c1-5-29(6-2)27-15-13-23-17-21(9-11-25(23)19-27)22-10-12-26-20-28(30(7-3)8-4)16-14-24(26)18-22/h13,15-20,24H,5-12,14H2,1-4H3. The first kappa shape index (κ1) is 21.0. The van der Waals surface area contributed by atoms with Gasteiger partial charge in [-0.05, 0) is 100 Å². The van der Waals surface area contributed by atoms with Crippen LogP contribution in [-0.4, -0.2) is 31.1 Å². The van der Waals surface area contributed by atoms with Crippen molar-refractivity contribution in [3.63, 3.8) is 0 Å². The fraction of sp³-hybridized carbons (Fsp3) is 0.500. The van der Waals surface area contributed by atoms with Crippen molar-refractivity contribution in [1.29, 1.82) is 0 Å². The molecule has 2 nitrogen and oxygen atoms in total. The molecule has 0 N–H and O–H groups in total. The molecule has 3 aliphatic carbocycles. The number of hydrogen-bond donors (Lipinski definition) is 0. The quantitative estimate of drug-likeness (QED) is 0.497. The number of anilines is 1. The second-order valence-electron chi connectivity index (χ2n) is 8.78. The molecule has 0 fully saturated rings. The predicted octanol–water partition coefficient (Wildman–Crippen LogP) is 6.75. The van der Waals surface area contributed by atoms with Crippen LogP contribution in [0.3, 0.4) is 0 Å². The SMILES string of the molecule is CCN(CC)C1=CCC2C=C(C3=Cc4ccc(N(CC)CC)cc4CC3)CCC2=C1. The third-order valence-electron chi connectivity index (χ3n) is 7.27. The molecule has 0 aliphatic heterocycles. The van der Waals surface area contributed by atoms with E-state index in [0.29, 0.717) is 5.92 Å². The molecular weight excluding hydrogens is 364 g/mol. The zero-order valence-electron chi connectivity index (χ0n) is 19.4. The second kappa shape index (κ2) is 9.29. The number of benzene rings is 1. The molecule has 30 heavy (non-hydrogen) atoms. The van der Waals surface area contributed by atoms with E-state index in [1.165, 1.54) is 48.2 Å². The van der Waals surface area contributed by atoms with Crippen molar-refractivity contribution < 1.29 is 0 Å². The van der Waals surface area contributed by atoms with Gasteiger partial charge in [-0.1, -0.05) is 29.9 Å². The van der Waals surface area contributed by atoms with Gasteiger partial charge in [-0.25, -0.2) is 0 Å². The van der Waals surface area contributed by atoms with E-state index in [1.807, 2.05) is 0 Å². The molecule has 2 heteroatoms. The minimum Gasteiger partial charge on any atom is -0.372 e. The number of nitrogens with zero attached hydrogens (tertiary/aromatic N) is 2. The maximum Gasteiger partial charge on any atom is 0.0369 e. The zero-order valence-corrected chi connectivity index (χ0v) is 19.4. The summed E-state index contributed by atoms with van der Waals surface area (Å²) in [4.78, 5) is 4.93. The molecule has 0 heterocycles. The Balaban J connectivity index is 1.52. The topological polar surface area (TPSA) is 6.48 Å². The summed E-state index contributed by atoms with van der Waals surface area (Å²) < 4.78 is 0. The Morgan fingerprint density at radius 1 is 0.800 bits per heavy atom. The summed E-state index contributed by atoms with van der Waals surface area (Å²) in [5, 5.41) is 0. The Morgan fingerprint density at radius 2 is 1.53 bits per heavy atom. The number of rotatable bonds is 7. The lowest BCUT2D eigenvalue weighted by molar-refractivity contribution is 0.387. The first-order chi connectivity index (χ1) is 14.7. The van der Waals surface area contributed by atoms with Crippen LogP contribution in [0.5, 0.6) is 0 Å². The molecule has 1 unspecified atom stereocenters. The monoisotopic (exact) mass is 402 g/mol. The average molecular weight is 403 g/mol. The van der Waals surface area contributed by atoms with E-state index in [-0.39, 0.29) is 0 Å². The van der Waals surface area contributed by atoms with Crippen molar-refractivity contribution in [2.24, 2.45) is 5.92 Å². The molecule has 0 saturated carbocycles. The second-order valence-corrected chi connectivity index (χ2v) is 8.78. The van der Waals surface area contributed by atoms with E-state index in [1.54, 1.807) is 16.7 Å². The minimum absolute atomic E-state index is 0.611. The van der Waals surface area contributed by atoms with Gasteiger partial charge in [-0.2, -0.15) is 0 Å². The normalized spacial score (nSPS) is 20.3. The summed E-state index contributed by atoms with van der Waals surface area (Å²) in [6.07, 6.45) is 16.0. The fourth-order valence-corrected chi connectivity index (χ4v) is 5.39.